The number of nitrogens with zero attached hydrogens (tertiary/aromatic N) is 2. The lowest BCUT2D eigenvalue weighted by atomic mass is 10.0. The maximum absolute atomic E-state index is 9.08. The Morgan fingerprint density at radius 1 is 1.28 bits per heavy atom. The van der Waals surface area contributed by atoms with E-state index in [4.69, 9.17) is 14.7 Å². The topological polar surface area (TPSA) is 55.1 Å². The van der Waals surface area contributed by atoms with Crippen LogP contribution in [0.4, 0.5) is 0 Å². The third-order valence-electron chi connectivity index (χ3n) is 2.63. The number of hydrogen-bond acceptors (Lipinski definition) is 5. The van der Waals surface area contributed by atoms with Crippen molar-refractivity contribution in [1.29, 1.82) is 5.26 Å². The van der Waals surface area contributed by atoms with Crippen molar-refractivity contribution in [1.82, 2.24) is 4.98 Å². The number of benzene rings is 1. The molecule has 5 heteroatoms. The molecule has 2 rings (SSSR count). The van der Waals surface area contributed by atoms with Gasteiger partial charge in [-0.25, -0.2) is 4.98 Å². The zero-order chi connectivity index (χ0) is 13.1. The van der Waals surface area contributed by atoms with Gasteiger partial charge in [-0.05, 0) is 18.6 Å². The Hall–Kier alpha value is -2.06. The number of rotatable bonds is 3. The highest BCUT2D eigenvalue weighted by Crippen LogP contribution is 2.38. The molecule has 0 aliphatic carbocycles. The Balaban J connectivity index is 2.68. The van der Waals surface area contributed by atoms with Gasteiger partial charge in [-0.15, -0.1) is 11.3 Å². The summed E-state index contributed by atoms with van der Waals surface area (Å²) in [6, 6.07) is 5.85. The van der Waals surface area contributed by atoms with Crippen molar-refractivity contribution in [2.45, 2.75) is 6.92 Å². The van der Waals surface area contributed by atoms with Crippen molar-refractivity contribution in [3.63, 3.8) is 0 Å². The molecule has 4 nitrogen and oxygen atoms in total. The molecular weight excluding hydrogens is 248 g/mol. The average molecular weight is 260 g/mol. The van der Waals surface area contributed by atoms with Crippen LogP contribution in [0.1, 0.15) is 10.4 Å². The van der Waals surface area contributed by atoms with Crippen LogP contribution in [0.5, 0.6) is 11.5 Å². The van der Waals surface area contributed by atoms with Crippen LogP contribution in [0, 0.1) is 18.3 Å². The molecule has 1 heterocycles. The molecule has 0 spiro atoms. The summed E-state index contributed by atoms with van der Waals surface area (Å²) in [6.07, 6.45) is 0. The van der Waals surface area contributed by atoms with Gasteiger partial charge >= 0.3 is 0 Å². The molecule has 0 radical (unpaired) electrons. The summed E-state index contributed by atoms with van der Waals surface area (Å²) in [7, 11) is 3.20. The van der Waals surface area contributed by atoms with Gasteiger partial charge in [-0.3, -0.25) is 0 Å². The lowest BCUT2D eigenvalue weighted by Crippen LogP contribution is -1.95. The van der Waals surface area contributed by atoms with Crippen LogP contribution >= 0.6 is 11.3 Å². The normalized spacial score (nSPS) is 9.89. The first-order chi connectivity index (χ1) is 8.71. The predicted octanol–water partition coefficient (Wildman–Crippen LogP) is 3.01. The Morgan fingerprint density at radius 2 is 2.06 bits per heavy atom. The van der Waals surface area contributed by atoms with Crippen LogP contribution in [0.25, 0.3) is 11.3 Å². The SMILES string of the molecule is COc1cc(C)c(-c2ncsc2C#N)c(OC)c1. The van der Waals surface area contributed by atoms with Crippen molar-refractivity contribution < 1.29 is 9.47 Å². The van der Waals surface area contributed by atoms with E-state index < -0.39 is 0 Å². The Morgan fingerprint density at radius 3 is 2.67 bits per heavy atom. The van der Waals surface area contributed by atoms with Gasteiger partial charge in [0.25, 0.3) is 0 Å². The summed E-state index contributed by atoms with van der Waals surface area (Å²) in [5.74, 6) is 1.39. The molecule has 18 heavy (non-hydrogen) atoms. The molecule has 0 bridgehead atoms. The predicted molar refractivity (Wildman–Crippen MR) is 70.1 cm³/mol. The van der Waals surface area contributed by atoms with Gasteiger partial charge in [0, 0.05) is 11.6 Å². The summed E-state index contributed by atoms with van der Waals surface area (Å²) < 4.78 is 10.6. The number of thiazole rings is 1. The number of methoxy groups -OCH3 is 2. The number of aryl methyl sites for hydroxylation is 1. The summed E-state index contributed by atoms with van der Waals surface area (Å²) in [5, 5.41) is 9.08. The molecule has 0 aliphatic rings. The third-order valence-corrected chi connectivity index (χ3v) is 3.37. The molecule has 0 unspecified atom stereocenters. The van der Waals surface area contributed by atoms with E-state index in [-0.39, 0.29) is 0 Å². The molecule has 1 aromatic heterocycles. The Labute approximate surface area is 109 Å². The number of hydrogen-bond donors (Lipinski definition) is 0. The molecular formula is C13H12N2O2S. The van der Waals surface area contributed by atoms with Gasteiger partial charge < -0.3 is 9.47 Å². The molecule has 0 N–H and O–H groups in total. The van der Waals surface area contributed by atoms with E-state index in [1.807, 2.05) is 13.0 Å². The number of aromatic nitrogens is 1. The molecule has 92 valence electrons. The van der Waals surface area contributed by atoms with Gasteiger partial charge in [-0.2, -0.15) is 5.26 Å². The summed E-state index contributed by atoms with van der Waals surface area (Å²) in [4.78, 5) is 4.84. The summed E-state index contributed by atoms with van der Waals surface area (Å²) in [5.41, 5.74) is 4.14. The minimum atomic E-state index is 0.585. The Bertz CT molecular complexity index is 614. The van der Waals surface area contributed by atoms with Gasteiger partial charge in [-0.1, -0.05) is 0 Å². The number of ether oxygens (including phenoxy) is 2. The number of nitriles is 1. The van der Waals surface area contributed by atoms with Crippen LogP contribution in [0.3, 0.4) is 0 Å². The Kier molecular flexibility index (Phi) is 3.49. The lowest BCUT2D eigenvalue weighted by Gasteiger charge is -2.12. The fraction of sp³-hybridized carbons (Fsp3) is 0.231. The second-order valence-corrected chi connectivity index (χ2v) is 4.52. The first kappa shape index (κ1) is 12.4. The summed E-state index contributed by atoms with van der Waals surface area (Å²) >= 11 is 1.32. The fourth-order valence-corrected chi connectivity index (χ4v) is 2.39. The van der Waals surface area contributed by atoms with Crippen LogP contribution in [0.15, 0.2) is 17.6 Å². The van der Waals surface area contributed by atoms with E-state index in [0.29, 0.717) is 16.3 Å². The van der Waals surface area contributed by atoms with Crippen molar-refractivity contribution >= 4 is 11.3 Å². The molecule has 0 amide bonds. The molecule has 0 fully saturated rings. The van der Waals surface area contributed by atoms with Gasteiger partial charge in [0.05, 0.1) is 19.7 Å². The maximum atomic E-state index is 9.08. The molecule has 0 atom stereocenters. The highest BCUT2D eigenvalue weighted by molar-refractivity contribution is 7.10. The molecule has 1 aromatic carbocycles. The second-order valence-electron chi connectivity index (χ2n) is 3.66. The zero-order valence-electron chi connectivity index (χ0n) is 10.4. The minimum absolute atomic E-state index is 0.585. The van der Waals surface area contributed by atoms with Crippen LogP contribution < -0.4 is 9.47 Å². The molecule has 0 aliphatic heterocycles. The van der Waals surface area contributed by atoms with Crippen molar-refractivity contribution in [3.8, 4) is 28.8 Å². The van der Waals surface area contributed by atoms with Gasteiger partial charge in [0.1, 0.15) is 28.1 Å². The highest BCUT2D eigenvalue weighted by Gasteiger charge is 2.17. The fourth-order valence-electron chi connectivity index (χ4n) is 1.81. The largest absolute Gasteiger partial charge is 0.497 e. The molecule has 2 aromatic rings. The monoisotopic (exact) mass is 260 g/mol. The first-order valence-electron chi connectivity index (χ1n) is 5.27. The van der Waals surface area contributed by atoms with Crippen LogP contribution in [-0.2, 0) is 0 Å². The second kappa shape index (κ2) is 5.07. The van der Waals surface area contributed by atoms with Gasteiger partial charge in [0.2, 0.25) is 0 Å². The standard InChI is InChI=1S/C13H12N2O2S/c1-8-4-9(16-2)5-10(17-3)12(8)13-11(6-14)18-7-15-13/h4-5,7H,1-3H3. The minimum Gasteiger partial charge on any atom is -0.497 e. The lowest BCUT2D eigenvalue weighted by molar-refractivity contribution is 0.395. The highest BCUT2D eigenvalue weighted by atomic mass is 32.1. The quantitative estimate of drug-likeness (QED) is 0.851. The van der Waals surface area contributed by atoms with E-state index in [1.54, 1.807) is 25.8 Å². The van der Waals surface area contributed by atoms with Crippen molar-refractivity contribution in [3.05, 3.63) is 28.1 Å². The average Bonchev–Trinajstić information content (AvgIpc) is 2.85. The van der Waals surface area contributed by atoms with E-state index in [9.17, 15) is 0 Å². The zero-order valence-corrected chi connectivity index (χ0v) is 11.2. The van der Waals surface area contributed by atoms with E-state index in [0.717, 1.165) is 16.9 Å². The third kappa shape index (κ3) is 2.03. The maximum Gasteiger partial charge on any atom is 0.132 e. The smallest absolute Gasteiger partial charge is 0.132 e. The molecule has 0 saturated carbocycles. The van der Waals surface area contributed by atoms with E-state index in [1.165, 1.54) is 11.3 Å². The van der Waals surface area contributed by atoms with Crippen molar-refractivity contribution in [2.75, 3.05) is 14.2 Å². The van der Waals surface area contributed by atoms with Crippen LogP contribution in [-0.4, -0.2) is 19.2 Å². The molecule has 0 saturated heterocycles. The van der Waals surface area contributed by atoms with Crippen LogP contribution in [0.2, 0.25) is 0 Å². The van der Waals surface area contributed by atoms with E-state index in [2.05, 4.69) is 11.1 Å². The van der Waals surface area contributed by atoms with Crippen molar-refractivity contribution in [2.24, 2.45) is 0 Å². The van der Waals surface area contributed by atoms with E-state index >= 15 is 0 Å². The summed E-state index contributed by atoms with van der Waals surface area (Å²) in [6.45, 7) is 1.95. The van der Waals surface area contributed by atoms with Gasteiger partial charge in [0.15, 0.2) is 0 Å². The first-order valence-corrected chi connectivity index (χ1v) is 6.15.